The Bertz CT molecular complexity index is 1350. The van der Waals surface area contributed by atoms with Crippen LogP contribution >= 0.6 is 0 Å². The quantitative estimate of drug-likeness (QED) is 0.207. The van der Waals surface area contributed by atoms with Gasteiger partial charge in [-0.3, -0.25) is 14.4 Å². The van der Waals surface area contributed by atoms with Gasteiger partial charge in [0.15, 0.2) is 0 Å². The second kappa shape index (κ2) is 12.4. The Hall–Kier alpha value is -1.89. The lowest BCUT2D eigenvalue weighted by Gasteiger charge is -2.73. The fourth-order valence-corrected chi connectivity index (χ4v) is 14.1. The minimum absolute atomic E-state index is 0.0531. The molecule has 5 saturated carbocycles. The number of hydrogen-bond donors (Lipinski definition) is 2. The van der Waals surface area contributed by atoms with Crippen LogP contribution in [0.25, 0.3) is 0 Å². The third-order valence-electron chi connectivity index (χ3n) is 16.7. The zero-order valence-corrected chi connectivity index (χ0v) is 32.0. The fourth-order valence-electron chi connectivity index (χ4n) is 14.1. The third kappa shape index (κ3) is 5.73. The van der Waals surface area contributed by atoms with Crippen LogP contribution in [0.3, 0.4) is 0 Å². The summed E-state index contributed by atoms with van der Waals surface area (Å²) in [5, 5.41) is 19.5. The highest BCUT2D eigenvalue weighted by Gasteiger charge is 2.72. The second-order valence-electron chi connectivity index (χ2n) is 20.1. The highest BCUT2D eigenvalue weighted by Crippen LogP contribution is 2.77. The number of nitrogens with zero attached hydrogens (tertiary/aromatic N) is 1. The summed E-state index contributed by atoms with van der Waals surface area (Å²) in [4.78, 5) is 41.4. The summed E-state index contributed by atoms with van der Waals surface area (Å²) < 4.78 is 6.27. The number of allylic oxidation sites excluding steroid dienone is 1. The van der Waals surface area contributed by atoms with Crippen LogP contribution in [-0.2, 0) is 19.1 Å². The van der Waals surface area contributed by atoms with Gasteiger partial charge in [-0.2, -0.15) is 0 Å². The predicted molar refractivity (Wildman–Crippen MR) is 191 cm³/mol. The maximum Gasteiger partial charge on any atom is 0.306 e. The molecule has 49 heavy (non-hydrogen) atoms. The average molecular weight is 682 g/mol. The van der Waals surface area contributed by atoms with Gasteiger partial charge in [0.25, 0.3) is 0 Å². The summed E-state index contributed by atoms with van der Waals surface area (Å²) in [6.07, 6.45) is 11.6. The maximum atomic E-state index is 14.7. The molecule has 0 radical (unpaired) electrons. The van der Waals surface area contributed by atoms with Crippen molar-refractivity contribution in [2.24, 2.45) is 62.1 Å². The summed E-state index contributed by atoms with van der Waals surface area (Å²) in [5.74, 6) is 1.44. The van der Waals surface area contributed by atoms with Gasteiger partial charge in [-0.05, 0) is 135 Å². The van der Waals surface area contributed by atoms with Crippen molar-refractivity contribution in [3.8, 4) is 0 Å². The molecule has 10 atom stereocenters. The van der Waals surface area contributed by atoms with Crippen LogP contribution in [0.15, 0.2) is 12.2 Å². The summed E-state index contributed by atoms with van der Waals surface area (Å²) in [6, 6.07) is 0. The van der Waals surface area contributed by atoms with E-state index >= 15 is 0 Å². The van der Waals surface area contributed by atoms with Gasteiger partial charge in [0.2, 0.25) is 5.91 Å². The molecule has 2 N–H and O–H groups in total. The molecule has 0 aromatic heterocycles. The molecule has 276 valence electrons. The number of hydrogen-bond acceptors (Lipinski definition) is 5. The lowest BCUT2D eigenvalue weighted by atomic mass is 9.32. The zero-order chi connectivity index (χ0) is 35.9. The minimum atomic E-state index is -0.888. The molecule has 0 spiro atoms. The van der Waals surface area contributed by atoms with Crippen molar-refractivity contribution in [2.75, 3.05) is 13.1 Å². The molecule has 6 rings (SSSR count). The van der Waals surface area contributed by atoms with Crippen LogP contribution in [0.2, 0.25) is 0 Å². The molecule has 0 aromatic carbocycles. The van der Waals surface area contributed by atoms with E-state index in [1.165, 1.54) is 18.4 Å². The Balaban J connectivity index is 1.25. The van der Waals surface area contributed by atoms with Crippen LogP contribution in [0.1, 0.15) is 145 Å². The first-order valence-electron chi connectivity index (χ1n) is 19.8. The molecule has 1 aliphatic heterocycles. The number of amides is 1. The van der Waals surface area contributed by atoms with E-state index in [4.69, 9.17) is 4.74 Å². The number of ether oxygens (including phenoxy) is 1. The molecular formula is C42H67NO6. The SMILES string of the molecule is C=C(C)C1CC[C@]2(C(=O)N3CCC(O)CC3)CC[C@]3(C)[C@H](CC[C@@H]4[C@@]5(C)CC[C@H](OC(=O)CC(C)(C)CC(=O)O)C(C)(C)[C@@H]5CC[C@]43C)[C@@H]12. The van der Waals surface area contributed by atoms with Crippen LogP contribution in [0, 0.1) is 62.1 Å². The van der Waals surface area contributed by atoms with Gasteiger partial charge in [0.05, 0.1) is 24.4 Å². The number of carbonyl (C=O) groups excluding carboxylic acids is 2. The molecule has 0 aromatic rings. The van der Waals surface area contributed by atoms with Crippen molar-refractivity contribution < 1.29 is 29.3 Å². The van der Waals surface area contributed by atoms with Crippen molar-refractivity contribution in [3.63, 3.8) is 0 Å². The number of carbonyl (C=O) groups is 3. The summed E-state index contributed by atoms with van der Waals surface area (Å²) in [5.41, 5.74) is 0.568. The highest BCUT2D eigenvalue weighted by molar-refractivity contribution is 5.84. The van der Waals surface area contributed by atoms with Crippen molar-refractivity contribution >= 4 is 17.8 Å². The maximum absolute atomic E-state index is 14.7. The summed E-state index contributed by atoms with van der Waals surface area (Å²) in [6.45, 7) is 24.2. The molecule has 1 heterocycles. The smallest absolute Gasteiger partial charge is 0.306 e. The van der Waals surface area contributed by atoms with Crippen molar-refractivity contribution in [1.29, 1.82) is 0 Å². The fraction of sp³-hybridized carbons (Fsp3) is 0.881. The minimum Gasteiger partial charge on any atom is -0.481 e. The Morgan fingerprint density at radius 1 is 0.816 bits per heavy atom. The molecule has 7 nitrogen and oxygen atoms in total. The average Bonchev–Trinajstić information content (AvgIpc) is 3.39. The van der Waals surface area contributed by atoms with Crippen molar-refractivity contribution in [3.05, 3.63) is 12.2 Å². The first kappa shape index (κ1) is 36.9. The number of carboxylic acid groups (broad SMARTS) is 1. The molecule has 1 amide bonds. The van der Waals surface area contributed by atoms with Gasteiger partial charge >= 0.3 is 11.9 Å². The Morgan fingerprint density at radius 3 is 2.12 bits per heavy atom. The molecule has 5 aliphatic carbocycles. The normalized spacial score (nSPS) is 43.4. The first-order valence-corrected chi connectivity index (χ1v) is 19.8. The molecule has 7 heteroatoms. The highest BCUT2D eigenvalue weighted by atomic mass is 16.5. The van der Waals surface area contributed by atoms with Gasteiger partial charge in [-0.25, -0.2) is 0 Å². The largest absolute Gasteiger partial charge is 0.481 e. The molecular weight excluding hydrogens is 614 g/mol. The first-order chi connectivity index (χ1) is 22.7. The van der Waals surface area contributed by atoms with Gasteiger partial charge in [0, 0.05) is 18.5 Å². The summed E-state index contributed by atoms with van der Waals surface area (Å²) >= 11 is 0. The van der Waals surface area contributed by atoms with Crippen LogP contribution in [0.5, 0.6) is 0 Å². The second-order valence-corrected chi connectivity index (χ2v) is 20.1. The number of aliphatic hydroxyl groups is 1. The van der Waals surface area contributed by atoms with Gasteiger partial charge in [0.1, 0.15) is 6.10 Å². The summed E-state index contributed by atoms with van der Waals surface area (Å²) in [7, 11) is 0. The van der Waals surface area contributed by atoms with Gasteiger partial charge in [-0.1, -0.05) is 60.6 Å². The molecule has 1 saturated heterocycles. The number of aliphatic hydroxyl groups excluding tert-OH is 1. The van der Waals surface area contributed by atoms with Gasteiger partial charge < -0.3 is 19.8 Å². The molecule has 6 fully saturated rings. The molecule has 0 bridgehead atoms. The molecule has 1 unspecified atom stereocenters. The van der Waals surface area contributed by atoms with E-state index in [2.05, 4.69) is 53.0 Å². The number of fused-ring (bicyclic) bond motifs is 7. The third-order valence-corrected chi connectivity index (χ3v) is 16.7. The van der Waals surface area contributed by atoms with E-state index in [0.29, 0.717) is 61.4 Å². The van der Waals surface area contributed by atoms with Crippen LogP contribution < -0.4 is 0 Å². The lowest BCUT2D eigenvalue weighted by Crippen LogP contribution is -2.67. The van der Waals surface area contributed by atoms with Crippen molar-refractivity contribution in [1.82, 2.24) is 4.90 Å². The zero-order valence-electron chi connectivity index (χ0n) is 32.0. The number of piperidine rings is 1. The van der Waals surface area contributed by atoms with E-state index < -0.39 is 11.4 Å². The Labute approximate surface area is 296 Å². The van der Waals surface area contributed by atoms with E-state index in [0.717, 1.165) is 51.4 Å². The van der Waals surface area contributed by atoms with E-state index in [-0.39, 0.29) is 58.1 Å². The number of likely N-dealkylation sites (tertiary alicyclic amines) is 1. The predicted octanol–water partition coefficient (Wildman–Crippen LogP) is 8.43. The number of aliphatic carboxylic acids is 1. The van der Waals surface area contributed by atoms with Gasteiger partial charge in [-0.15, -0.1) is 0 Å². The molecule has 6 aliphatic rings. The van der Waals surface area contributed by atoms with Crippen molar-refractivity contribution in [2.45, 2.75) is 157 Å². The van der Waals surface area contributed by atoms with E-state index in [1.54, 1.807) is 0 Å². The van der Waals surface area contributed by atoms with E-state index in [9.17, 15) is 24.6 Å². The van der Waals surface area contributed by atoms with Crippen LogP contribution in [0.4, 0.5) is 0 Å². The number of rotatable bonds is 7. The van der Waals surface area contributed by atoms with E-state index in [1.807, 2.05) is 13.8 Å². The number of carboxylic acids is 1. The topological polar surface area (TPSA) is 104 Å². The number of esters is 1. The Morgan fingerprint density at radius 2 is 1.49 bits per heavy atom. The van der Waals surface area contributed by atoms with Crippen LogP contribution in [-0.4, -0.2) is 58.3 Å². The lowest BCUT2D eigenvalue weighted by molar-refractivity contribution is -0.250. The standard InChI is InChI=1S/C42H67NO6/c1-26(2)28-12-19-42(36(48)43-22-15-27(44)16-23-43)21-20-40(8)29(35(28)42)10-11-31-39(7)17-14-32(38(5,6)30(39)13-18-41(31,40)9)49-34(47)25-37(3,4)24-33(45)46/h27-32,35,44H,1,10-25H2,2-9H3,(H,45,46)/t28?,29-,30+,31-,32+,35-,39+,40-,41-,42+/m1/s1. The Kier molecular flexibility index (Phi) is 9.31. The monoisotopic (exact) mass is 681 g/mol.